The number of ether oxygens (including phenoxy) is 1. The fourth-order valence-corrected chi connectivity index (χ4v) is 14.2. The van der Waals surface area contributed by atoms with Crippen LogP contribution in [0.5, 0.6) is 11.5 Å². The molecule has 1 atom stereocenters. The average Bonchev–Trinajstić information content (AvgIpc) is 4.33. The van der Waals surface area contributed by atoms with Crippen LogP contribution in [0, 0.1) is 0 Å². The van der Waals surface area contributed by atoms with Crippen LogP contribution in [-0.4, -0.2) is 4.57 Å². The first kappa shape index (κ1) is 43.8. The lowest BCUT2D eigenvalue weighted by molar-refractivity contribution is 0.455. The first-order valence-electron chi connectivity index (χ1n) is 26.4. The second-order valence-electron chi connectivity index (χ2n) is 20.3. The lowest BCUT2D eigenvalue weighted by Crippen LogP contribution is -2.26. The quantitative estimate of drug-likeness (QED) is 0.158. The van der Waals surface area contributed by atoms with E-state index in [-0.39, 0.29) is 0 Å². The van der Waals surface area contributed by atoms with Crippen molar-refractivity contribution >= 4 is 50.6 Å². The number of para-hydroxylation sites is 2. The Morgan fingerprint density at radius 2 is 0.831 bits per heavy atom. The predicted octanol–water partition coefficient (Wildman–Crippen LogP) is 19.9. The molecule has 0 amide bonds. The van der Waals surface area contributed by atoms with Gasteiger partial charge in [0.15, 0.2) is 0 Å². The van der Waals surface area contributed by atoms with E-state index in [4.69, 9.17) is 4.74 Å². The molecule has 0 fully saturated rings. The van der Waals surface area contributed by atoms with Crippen molar-refractivity contribution in [2.24, 2.45) is 0 Å². The number of anilines is 3. The molecule has 3 nitrogen and oxygen atoms in total. The minimum Gasteiger partial charge on any atom is -0.455 e. The Labute approximate surface area is 451 Å². The molecule has 77 heavy (non-hydrogen) atoms. The first-order valence-corrected chi connectivity index (χ1v) is 27.2. The van der Waals surface area contributed by atoms with Crippen molar-refractivity contribution in [1.29, 1.82) is 0 Å². The van der Waals surface area contributed by atoms with Crippen LogP contribution in [0.3, 0.4) is 0 Å². The van der Waals surface area contributed by atoms with Gasteiger partial charge >= 0.3 is 0 Å². The fourth-order valence-electron chi connectivity index (χ4n) is 12.9. The zero-order valence-corrected chi connectivity index (χ0v) is 42.6. The van der Waals surface area contributed by atoms with Gasteiger partial charge in [-0.1, -0.05) is 218 Å². The summed E-state index contributed by atoms with van der Waals surface area (Å²) in [6.07, 6.45) is 0. The summed E-state index contributed by atoms with van der Waals surface area (Å²) in [5.41, 5.74) is 23.1. The van der Waals surface area contributed by atoms with Gasteiger partial charge in [-0.25, -0.2) is 0 Å². The molecule has 2 heterocycles. The van der Waals surface area contributed by atoms with Gasteiger partial charge in [-0.2, -0.15) is 0 Å². The maximum atomic E-state index is 7.01. The Bertz CT molecular complexity index is 4350. The molecule has 1 aliphatic heterocycles. The molecule has 0 saturated carbocycles. The minimum atomic E-state index is -0.698. The van der Waals surface area contributed by atoms with Crippen LogP contribution in [-0.2, 0) is 5.41 Å². The molecule has 0 saturated heterocycles. The Morgan fingerprint density at radius 3 is 1.48 bits per heavy atom. The second kappa shape index (κ2) is 17.2. The number of aromatic nitrogens is 1. The van der Waals surface area contributed by atoms with Crippen LogP contribution in [0.25, 0.3) is 83.1 Å². The maximum Gasteiger partial charge on any atom is 0.142 e. The molecule has 360 valence electrons. The Morgan fingerprint density at radius 1 is 0.325 bits per heavy atom. The van der Waals surface area contributed by atoms with Crippen molar-refractivity contribution in [2.75, 3.05) is 4.90 Å². The van der Waals surface area contributed by atoms with Gasteiger partial charge in [0.2, 0.25) is 0 Å². The molecule has 4 heteroatoms. The molecule has 3 aliphatic rings. The SMILES string of the molecule is c1ccc(-c2ccc(N(c3ccc(-c4ccccc4)cc3)c3ccc4c(c3)C3(c5cc(-n6c7ccccc7c7ccccc76)ccc5-4)c4ccccc4-c4c3ccc3c4Sc4c(cccc4-c4ccccc4)O3)cc2)cc1. The monoisotopic (exact) mass is 998 g/mol. The Hall–Kier alpha value is -9.61. The third-order valence-electron chi connectivity index (χ3n) is 16.3. The van der Waals surface area contributed by atoms with Crippen LogP contribution >= 0.6 is 11.8 Å². The highest BCUT2D eigenvalue weighted by Crippen LogP contribution is 2.67. The molecule has 2 aliphatic carbocycles. The zero-order valence-electron chi connectivity index (χ0n) is 41.8. The van der Waals surface area contributed by atoms with E-state index in [9.17, 15) is 0 Å². The smallest absolute Gasteiger partial charge is 0.142 e. The van der Waals surface area contributed by atoms with Crippen molar-refractivity contribution in [2.45, 2.75) is 15.2 Å². The lowest BCUT2D eigenvalue weighted by atomic mass is 9.70. The van der Waals surface area contributed by atoms with Gasteiger partial charge in [0.05, 0.1) is 26.2 Å². The molecule has 0 radical (unpaired) electrons. The molecule has 12 aromatic carbocycles. The summed E-state index contributed by atoms with van der Waals surface area (Å²) in [6.45, 7) is 0. The van der Waals surface area contributed by atoms with Crippen molar-refractivity contribution < 1.29 is 4.74 Å². The van der Waals surface area contributed by atoms with Crippen molar-refractivity contribution in [3.63, 3.8) is 0 Å². The first-order chi connectivity index (χ1) is 38.2. The maximum absolute atomic E-state index is 7.01. The highest BCUT2D eigenvalue weighted by atomic mass is 32.2. The molecular formula is C73H46N2OS. The lowest BCUT2D eigenvalue weighted by Gasteiger charge is -2.33. The van der Waals surface area contributed by atoms with Crippen LogP contribution in [0.2, 0.25) is 0 Å². The van der Waals surface area contributed by atoms with E-state index in [1.54, 1.807) is 0 Å². The minimum absolute atomic E-state index is 0.698. The number of rotatable bonds is 7. The highest BCUT2D eigenvalue weighted by Gasteiger charge is 2.53. The summed E-state index contributed by atoms with van der Waals surface area (Å²) in [5, 5.41) is 2.49. The summed E-state index contributed by atoms with van der Waals surface area (Å²) in [4.78, 5) is 4.71. The summed E-state index contributed by atoms with van der Waals surface area (Å²) in [7, 11) is 0. The summed E-state index contributed by atoms with van der Waals surface area (Å²) in [6, 6.07) is 102. The van der Waals surface area contributed by atoms with Crippen LogP contribution in [0.4, 0.5) is 17.1 Å². The Balaban J connectivity index is 0.945. The summed E-state index contributed by atoms with van der Waals surface area (Å²) >= 11 is 1.85. The predicted molar refractivity (Wildman–Crippen MR) is 319 cm³/mol. The molecule has 13 aromatic rings. The normalized spacial score (nSPS) is 14.3. The van der Waals surface area contributed by atoms with E-state index in [0.29, 0.717) is 0 Å². The molecule has 1 aromatic heterocycles. The van der Waals surface area contributed by atoms with E-state index in [2.05, 4.69) is 289 Å². The standard InChI is InChI=1S/C73H46N2OS/c1-4-17-47(18-5-1)49-31-35-52(36-32-49)74(53-37-33-50(34-38-53)48-19-6-2-7-20-48)54-39-41-57-58-42-40-55(75-66-28-14-11-23-59(66)60-24-12-15-29-67(60)75)46-65(58)73(64(57)45-54)62-27-13-10-25-61(62)70-63(73)43-44-69-72(70)77-71-56(26-16-30-68(71)76-69)51-21-8-3-9-22-51/h1-46H. The van der Waals surface area contributed by atoms with E-state index >= 15 is 0 Å². The molecule has 0 N–H and O–H groups in total. The molecule has 16 rings (SSSR count). The largest absolute Gasteiger partial charge is 0.455 e. The van der Waals surface area contributed by atoms with E-state index < -0.39 is 5.41 Å². The molecule has 1 spiro atoms. The van der Waals surface area contributed by atoms with Crippen molar-refractivity contribution in [3.05, 3.63) is 301 Å². The van der Waals surface area contributed by atoms with Gasteiger partial charge in [-0.3, -0.25) is 0 Å². The second-order valence-corrected chi connectivity index (χ2v) is 21.3. The van der Waals surface area contributed by atoms with E-state index in [0.717, 1.165) is 44.0 Å². The van der Waals surface area contributed by atoms with E-state index in [1.165, 1.54) is 99.7 Å². The topological polar surface area (TPSA) is 17.4 Å². The van der Waals surface area contributed by atoms with Gasteiger partial charge in [0.25, 0.3) is 0 Å². The summed E-state index contributed by atoms with van der Waals surface area (Å²) < 4.78 is 9.48. The Kier molecular flexibility index (Phi) is 9.79. The highest BCUT2D eigenvalue weighted by molar-refractivity contribution is 8.00. The van der Waals surface area contributed by atoms with Crippen LogP contribution in [0.1, 0.15) is 22.3 Å². The van der Waals surface area contributed by atoms with Gasteiger partial charge in [0.1, 0.15) is 11.5 Å². The third-order valence-corrected chi connectivity index (χ3v) is 17.5. The van der Waals surface area contributed by atoms with Gasteiger partial charge in [0, 0.05) is 39.1 Å². The fraction of sp³-hybridized carbons (Fsp3) is 0.0137. The number of hydrogen-bond donors (Lipinski definition) is 0. The number of hydrogen-bond acceptors (Lipinski definition) is 3. The van der Waals surface area contributed by atoms with Gasteiger partial charge in [-0.05, 0) is 145 Å². The van der Waals surface area contributed by atoms with Crippen LogP contribution in [0.15, 0.2) is 289 Å². The molecule has 1 unspecified atom stereocenters. The van der Waals surface area contributed by atoms with Crippen molar-refractivity contribution in [1.82, 2.24) is 4.57 Å². The average molecular weight is 999 g/mol. The van der Waals surface area contributed by atoms with Crippen molar-refractivity contribution in [3.8, 4) is 72.8 Å². The zero-order chi connectivity index (χ0) is 50.6. The van der Waals surface area contributed by atoms with Gasteiger partial charge < -0.3 is 14.2 Å². The molecule has 0 bridgehead atoms. The number of benzene rings is 12. The number of nitrogens with zero attached hydrogens (tertiary/aromatic N) is 2. The van der Waals surface area contributed by atoms with E-state index in [1.807, 2.05) is 11.8 Å². The summed E-state index contributed by atoms with van der Waals surface area (Å²) in [5.74, 6) is 1.77. The van der Waals surface area contributed by atoms with Gasteiger partial charge in [-0.15, -0.1) is 0 Å². The van der Waals surface area contributed by atoms with Crippen LogP contribution < -0.4 is 9.64 Å². The number of fused-ring (bicyclic) bond motifs is 16. The third kappa shape index (κ3) is 6.59. The molecular weight excluding hydrogens is 953 g/mol.